The van der Waals surface area contributed by atoms with Crippen molar-refractivity contribution in [3.05, 3.63) is 81.6 Å². The van der Waals surface area contributed by atoms with Gasteiger partial charge >= 0.3 is 5.97 Å². The van der Waals surface area contributed by atoms with Crippen LogP contribution in [-0.4, -0.2) is 35.4 Å². The Kier molecular flexibility index (Phi) is 7.26. The van der Waals surface area contributed by atoms with Gasteiger partial charge in [0.25, 0.3) is 5.56 Å². The number of benzene rings is 2. The minimum Gasteiger partial charge on any atom is -0.497 e. The number of amides is 1. The number of hydrogen-bond donors (Lipinski definition) is 1. The normalized spacial score (nSPS) is 11.7. The molecule has 0 saturated carbocycles. The molecule has 0 fully saturated rings. The molecule has 1 N–H and O–H groups in total. The molecule has 0 bridgehead atoms. The number of carbonyl (C=O) groups is 2. The molecule has 0 aliphatic carbocycles. The van der Waals surface area contributed by atoms with Crippen molar-refractivity contribution in [2.75, 3.05) is 19.0 Å². The fourth-order valence-corrected chi connectivity index (χ4v) is 4.79. The molecule has 1 atom stereocenters. The average molecular weight is 492 g/mol. The highest BCUT2D eigenvalue weighted by atomic mass is 32.1. The molecule has 2 heterocycles. The standard InChI is InChI=1S/C26H25N3O5S/c1-4-19(16-9-7-6-8-10-16)23(30)27-24-21-20(15-35-24)22(26(32)34-5-2)28-29(25(21)31)17-11-13-18(33-3)14-12-17/h6-15,19H,4-5H2,1-3H3,(H,27,30)/t19-/m1/s1. The Labute approximate surface area is 206 Å². The fourth-order valence-electron chi connectivity index (χ4n) is 3.85. The predicted octanol–water partition coefficient (Wildman–Crippen LogP) is 4.76. The first kappa shape index (κ1) is 24.2. The summed E-state index contributed by atoms with van der Waals surface area (Å²) in [5, 5.41) is 9.79. The summed E-state index contributed by atoms with van der Waals surface area (Å²) in [5.41, 5.74) is 0.881. The van der Waals surface area contributed by atoms with Crippen LogP contribution < -0.4 is 15.6 Å². The van der Waals surface area contributed by atoms with Crippen LogP contribution in [0.25, 0.3) is 16.5 Å². The van der Waals surface area contributed by atoms with E-state index in [1.54, 1.807) is 43.7 Å². The van der Waals surface area contributed by atoms with Gasteiger partial charge in [-0.3, -0.25) is 9.59 Å². The molecule has 0 saturated heterocycles. The molecule has 4 aromatic rings. The van der Waals surface area contributed by atoms with E-state index in [1.165, 1.54) is 11.3 Å². The zero-order valence-electron chi connectivity index (χ0n) is 19.6. The van der Waals surface area contributed by atoms with Gasteiger partial charge in [-0.25, -0.2) is 4.79 Å². The van der Waals surface area contributed by atoms with E-state index in [0.29, 0.717) is 28.2 Å². The first-order chi connectivity index (χ1) is 17.0. The Morgan fingerprint density at radius 2 is 1.80 bits per heavy atom. The zero-order valence-corrected chi connectivity index (χ0v) is 20.4. The van der Waals surface area contributed by atoms with E-state index in [9.17, 15) is 14.4 Å². The van der Waals surface area contributed by atoms with Gasteiger partial charge in [0, 0.05) is 10.8 Å². The van der Waals surface area contributed by atoms with Crippen molar-refractivity contribution in [3.63, 3.8) is 0 Å². The molecule has 0 unspecified atom stereocenters. The monoisotopic (exact) mass is 491 g/mol. The number of nitrogens with zero attached hydrogens (tertiary/aromatic N) is 2. The van der Waals surface area contributed by atoms with E-state index >= 15 is 0 Å². The van der Waals surface area contributed by atoms with Crippen LogP contribution in [0.5, 0.6) is 5.75 Å². The van der Waals surface area contributed by atoms with Gasteiger partial charge in [0.2, 0.25) is 5.91 Å². The number of ether oxygens (including phenoxy) is 2. The summed E-state index contributed by atoms with van der Waals surface area (Å²) < 4.78 is 11.5. The second kappa shape index (κ2) is 10.5. The third-order valence-electron chi connectivity index (χ3n) is 5.60. The van der Waals surface area contributed by atoms with Gasteiger partial charge in [0.1, 0.15) is 10.8 Å². The Hall–Kier alpha value is -3.98. The number of carbonyl (C=O) groups excluding carboxylic acids is 2. The van der Waals surface area contributed by atoms with Gasteiger partial charge in [0.05, 0.1) is 30.7 Å². The Morgan fingerprint density at radius 3 is 2.43 bits per heavy atom. The zero-order chi connectivity index (χ0) is 24.9. The fraction of sp³-hybridized carbons (Fsp3) is 0.231. The van der Waals surface area contributed by atoms with E-state index in [-0.39, 0.29) is 29.5 Å². The van der Waals surface area contributed by atoms with Crippen LogP contribution in [-0.2, 0) is 9.53 Å². The van der Waals surface area contributed by atoms with Crippen molar-refractivity contribution in [1.29, 1.82) is 0 Å². The number of aromatic nitrogens is 2. The molecule has 1 amide bonds. The Balaban J connectivity index is 1.83. The summed E-state index contributed by atoms with van der Waals surface area (Å²) in [5.74, 6) is -0.648. The van der Waals surface area contributed by atoms with Gasteiger partial charge in [-0.1, -0.05) is 37.3 Å². The largest absolute Gasteiger partial charge is 0.497 e. The number of nitrogens with one attached hydrogen (secondary N) is 1. The number of hydrogen-bond acceptors (Lipinski definition) is 7. The van der Waals surface area contributed by atoms with Gasteiger partial charge in [-0.2, -0.15) is 9.78 Å². The topological polar surface area (TPSA) is 99.5 Å². The summed E-state index contributed by atoms with van der Waals surface area (Å²) in [6, 6.07) is 16.2. The van der Waals surface area contributed by atoms with E-state index < -0.39 is 11.5 Å². The maximum absolute atomic E-state index is 13.6. The number of thiophene rings is 1. The third-order valence-corrected chi connectivity index (χ3v) is 6.50. The molecule has 2 aromatic heterocycles. The van der Waals surface area contributed by atoms with E-state index in [4.69, 9.17) is 9.47 Å². The summed E-state index contributed by atoms with van der Waals surface area (Å²) in [6.07, 6.45) is 0.588. The van der Waals surface area contributed by atoms with Crippen LogP contribution in [0.2, 0.25) is 0 Å². The molecule has 2 aromatic carbocycles. The number of fused-ring (bicyclic) bond motifs is 1. The van der Waals surface area contributed by atoms with Crippen molar-refractivity contribution >= 4 is 39.0 Å². The summed E-state index contributed by atoms with van der Waals surface area (Å²) in [7, 11) is 1.55. The maximum Gasteiger partial charge on any atom is 0.359 e. The quantitative estimate of drug-likeness (QED) is 0.357. The highest BCUT2D eigenvalue weighted by molar-refractivity contribution is 7.16. The second-order valence-electron chi connectivity index (χ2n) is 7.70. The van der Waals surface area contributed by atoms with Crippen LogP contribution >= 0.6 is 11.3 Å². The van der Waals surface area contributed by atoms with E-state index in [0.717, 1.165) is 10.2 Å². The van der Waals surface area contributed by atoms with Gasteiger partial charge in [-0.15, -0.1) is 11.3 Å². The van der Waals surface area contributed by atoms with Crippen molar-refractivity contribution < 1.29 is 19.1 Å². The molecule has 180 valence electrons. The lowest BCUT2D eigenvalue weighted by molar-refractivity contribution is -0.117. The molecule has 0 aliphatic heterocycles. The summed E-state index contributed by atoms with van der Waals surface area (Å²) >= 11 is 1.17. The van der Waals surface area contributed by atoms with Crippen LogP contribution in [0.15, 0.2) is 64.8 Å². The van der Waals surface area contributed by atoms with Crippen molar-refractivity contribution in [3.8, 4) is 11.4 Å². The molecule has 9 heteroatoms. The summed E-state index contributed by atoms with van der Waals surface area (Å²) in [4.78, 5) is 39.5. The van der Waals surface area contributed by atoms with Crippen LogP contribution in [0.4, 0.5) is 5.00 Å². The molecule has 0 radical (unpaired) electrons. The highest BCUT2D eigenvalue weighted by Gasteiger charge is 2.25. The molecule has 0 aliphatic rings. The first-order valence-corrected chi connectivity index (χ1v) is 12.1. The van der Waals surface area contributed by atoms with Gasteiger partial charge in [-0.05, 0) is 43.2 Å². The summed E-state index contributed by atoms with van der Waals surface area (Å²) in [6.45, 7) is 3.79. The second-order valence-corrected chi connectivity index (χ2v) is 8.58. The number of rotatable bonds is 8. The molecule has 35 heavy (non-hydrogen) atoms. The number of esters is 1. The SMILES string of the molecule is CCOC(=O)c1nn(-c2ccc(OC)cc2)c(=O)c2c(NC(=O)[C@H](CC)c3ccccc3)scc12. The lowest BCUT2D eigenvalue weighted by Crippen LogP contribution is -2.26. The molecular formula is C26H25N3O5S. The van der Waals surface area contributed by atoms with Gasteiger partial charge < -0.3 is 14.8 Å². The third kappa shape index (κ3) is 4.81. The smallest absolute Gasteiger partial charge is 0.359 e. The van der Waals surface area contributed by atoms with Gasteiger partial charge in [0.15, 0.2) is 5.69 Å². The van der Waals surface area contributed by atoms with Crippen molar-refractivity contribution in [2.45, 2.75) is 26.2 Å². The predicted molar refractivity (Wildman–Crippen MR) is 136 cm³/mol. The molecule has 8 nitrogen and oxygen atoms in total. The van der Waals surface area contributed by atoms with Crippen LogP contribution in [0.1, 0.15) is 42.2 Å². The highest BCUT2D eigenvalue weighted by Crippen LogP contribution is 2.32. The lowest BCUT2D eigenvalue weighted by atomic mass is 9.96. The minimum absolute atomic E-state index is 0.00381. The minimum atomic E-state index is -0.647. The first-order valence-electron chi connectivity index (χ1n) is 11.2. The molecule has 4 rings (SSSR count). The molecular weight excluding hydrogens is 466 g/mol. The van der Waals surface area contributed by atoms with Crippen molar-refractivity contribution in [2.24, 2.45) is 0 Å². The maximum atomic E-state index is 13.6. The van der Waals surface area contributed by atoms with Crippen molar-refractivity contribution in [1.82, 2.24) is 9.78 Å². The van der Waals surface area contributed by atoms with Crippen LogP contribution in [0.3, 0.4) is 0 Å². The Bertz CT molecular complexity index is 1410. The van der Waals surface area contributed by atoms with Crippen LogP contribution in [0, 0.1) is 0 Å². The number of methoxy groups -OCH3 is 1. The average Bonchev–Trinajstić information content (AvgIpc) is 3.29. The Morgan fingerprint density at radius 1 is 1.09 bits per heavy atom. The van der Waals surface area contributed by atoms with E-state index in [1.807, 2.05) is 37.3 Å². The lowest BCUT2D eigenvalue weighted by Gasteiger charge is -2.15. The molecule has 0 spiro atoms. The van der Waals surface area contributed by atoms with E-state index in [2.05, 4.69) is 10.4 Å². The number of anilines is 1.